The number of hydrogen-bond donors (Lipinski definition) is 0. The number of amides is 1. The van der Waals surface area contributed by atoms with Crippen molar-refractivity contribution in [3.05, 3.63) is 131 Å². The molecule has 0 fully saturated rings. The summed E-state index contributed by atoms with van der Waals surface area (Å²) in [6.45, 7) is 1.67. The molecule has 0 saturated heterocycles. The van der Waals surface area contributed by atoms with Crippen LogP contribution in [0.1, 0.15) is 30.9 Å². The van der Waals surface area contributed by atoms with Crippen molar-refractivity contribution < 1.29 is 4.79 Å². The van der Waals surface area contributed by atoms with E-state index in [0.717, 1.165) is 21.5 Å². The molecule has 0 saturated carbocycles. The summed E-state index contributed by atoms with van der Waals surface area (Å²) in [5.41, 5.74) is 2.19. The molecule has 0 spiro atoms. The SMILES string of the molecule is CC(C)c1ccc(/C=C2\SC(C(C#N)=P(c3ccccc3)(c3ccccc3)c3ccccc3)=NC2=O)cc1. The largest absolute Gasteiger partial charge is 0.284 e. The second-order valence-electron chi connectivity index (χ2n) is 9.29. The minimum atomic E-state index is -2.64. The minimum absolute atomic E-state index is 0.307. The number of carbonyl (C=O) groups is 1. The first-order valence-electron chi connectivity index (χ1n) is 12.5. The predicted octanol–water partition coefficient (Wildman–Crippen LogP) is 6.51. The molecule has 38 heavy (non-hydrogen) atoms. The molecule has 0 aromatic heterocycles. The quantitative estimate of drug-likeness (QED) is 0.211. The van der Waals surface area contributed by atoms with Crippen LogP contribution in [-0.4, -0.2) is 16.2 Å². The molecule has 0 unspecified atom stereocenters. The number of benzene rings is 4. The monoisotopic (exact) mass is 530 g/mol. The van der Waals surface area contributed by atoms with Gasteiger partial charge in [-0.25, -0.2) is 4.99 Å². The van der Waals surface area contributed by atoms with Crippen LogP contribution in [-0.2, 0) is 4.79 Å². The number of aliphatic imine (C=N–C) groups is 1. The zero-order chi connectivity index (χ0) is 26.5. The summed E-state index contributed by atoms with van der Waals surface area (Å²) in [7, 11) is 0. The van der Waals surface area contributed by atoms with Crippen LogP contribution in [0.3, 0.4) is 0 Å². The van der Waals surface area contributed by atoms with Crippen molar-refractivity contribution in [2.24, 2.45) is 4.99 Å². The normalized spacial score (nSPS) is 14.4. The van der Waals surface area contributed by atoms with Crippen LogP contribution in [0.5, 0.6) is 0 Å². The van der Waals surface area contributed by atoms with Crippen LogP contribution in [0.4, 0.5) is 0 Å². The highest BCUT2D eigenvalue weighted by atomic mass is 32.2. The van der Waals surface area contributed by atoms with Crippen molar-refractivity contribution in [3.8, 4) is 6.07 Å². The molecule has 3 nitrogen and oxygen atoms in total. The van der Waals surface area contributed by atoms with Gasteiger partial charge in [-0.1, -0.05) is 141 Å². The van der Waals surface area contributed by atoms with Gasteiger partial charge in [0.2, 0.25) is 0 Å². The zero-order valence-corrected chi connectivity index (χ0v) is 23.0. The van der Waals surface area contributed by atoms with Crippen LogP contribution >= 0.6 is 18.6 Å². The third-order valence-corrected chi connectivity index (χ3v) is 11.9. The van der Waals surface area contributed by atoms with E-state index in [-0.39, 0.29) is 5.91 Å². The van der Waals surface area contributed by atoms with E-state index in [1.807, 2.05) is 72.8 Å². The highest BCUT2D eigenvalue weighted by Crippen LogP contribution is 2.48. The van der Waals surface area contributed by atoms with Crippen LogP contribution in [0.25, 0.3) is 6.08 Å². The first kappa shape index (κ1) is 25.7. The van der Waals surface area contributed by atoms with Crippen LogP contribution in [0.2, 0.25) is 0 Å². The summed E-state index contributed by atoms with van der Waals surface area (Å²) in [5.74, 6) is 0.130. The molecule has 1 heterocycles. The van der Waals surface area contributed by atoms with E-state index in [1.54, 1.807) is 0 Å². The van der Waals surface area contributed by atoms with Crippen molar-refractivity contribution in [1.82, 2.24) is 0 Å². The lowest BCUT2D eigenvalue weighted by Crippen LogP contribution is -2.32. The van der Waals surface area contributed by atoms with Gasteiger partial charge in [0.15, 0.2) is 0 Å². The Kier molecular flexibility index (Phi) is 7.61. The molecule has 1 aliphatic rings. The van der Waals surface area contributed by atoms with Gasteiger partial charge in [-0.2, -0.15) is 5.26 Å². The van der Waals surface area contributed by atoms with E-state index < -0.39 is 6.89 Å². The Morgan fingerprint density at radius 1 is 0.789 bits per heavy atom. The third kappa shape index (κ3) is 4.84. The summed E-state index contributed by atoms with van der Waals surface area (Å²) in [5, 5.41) is 14.9. The molecule has 0 N–H and O–H groups in total. The Bertz CT molecular complexity index is 1510. The predicted molar refractivity (Wildman–Crippen MR) is 164 cm³/mol. The second kappa shape index (κ2) is 11.2. The molecule has 1 aliphatic heterocycles. The van der Waals surface area contributed by atoms with Crippen molar-refractivity contribution in [2.75, 3.05) is 0 Å². The first-order chi connectivity index (χ1) is 18.5. The van der Waals surface area contributed by atoms with Crippen molar-refractivity contribution in [1.29, 1.82) is 5.26 Å². The molecule has 0 aliphatic carbocycles. The van der Waals surface area contributed by atoms with E-state index in [2.05, 4.69) is 73.4 Å². The van der Waals surface area contributed by atoms with E-state index in [4.69, 9.17) is 0 Å². The molecule has 0 atom stereocenters. The van der Waals surface area contributed by atoms with Crippen molar-refractivity contribution >= 4 is 56.9 Å². The van der Waals surface area contributed by atoms with E-state index in [0.29, 0.717) is 21.2 Å². The van der Waals surface area contributed by atoms with Gasteiger partial charge in [-0.15, -0.1) is 0 Å². The fraction of sp³-hybridized carbons (Fsp3) is 0.0909. The van der Waals surface area contributed by atoms with Gasteiger partial charge in [0.05, 0.1) is 10.2 Å². The minimum Gasteiger partial charge on any atom is -0.266 e. The van der Waals surface area contributed by atoms with Gasteiger partial charge in [0.1, 0.15) is 11.1 Å². The van der Waals surface area contributed by atoms with Crippen LogP contribution in [0, 0.1) is 11.3 Å². The molecule has 0 radical (unpaired) electrons. The second-order valence-corrected chi connectivity index (χ2v) is 13.7. The fourth-order valence-electron chi connectivity index (χ4n) is 4.69. The Balaban J connectivity index is 1.73. The number of hydrogen-bond acceptors (Lipinski definition) is 3. The van der Waals surface area contributed by atoms with Gasteiger partial charge < -0.3 is 0 Å². The molecule has 5 heteroatoms. The zero-order valence-electron chi connectivity index (χ0n) is 21.3. The molecule has 1 amide bonds. The van der Waals surface area contributed by atoms with E-state index >= 15 is 0 Å². The molecule has 4 aromatic carbocycles. The molecule has 4 aromatic rings. The third-order valence-electron chi connectivity index (χ3n) is 6.60. The van der Waals surface area contributed by atoms with Gasteiger partial charge in [0, 0.05) is 0 Å². The average molecular weight is 531 g/mol. The summed E-state index contributed by atoms with van der Waals surface area (Å²) >= 11 is 1.30. The van der Waals surface area contributed by atoms with Crippen LogP contribution in [0.15, 0.2) is 125 Å². The highest BCUT2D eigenvalue weighted by Gasteiger charge is 2.35. The summed E-state index contributed by atoms with van der Waals surface area (Å²) < 4.78 is 0. The molecule has 5 rings (SSSR count). The number of nitriles is 1. The summed E-state index contributed by atoms with van der Waals surface area (Å²) in [6, 6.07) is 41.3. The Morgan fingerprint density at radius 2 is 1.26 bits per heavy atom. The maximum Gasteiger partial charge on any atom is 0.284 e. The fourth-order valence-corrected chi connectivity index (χ4v) is 10.1. The van der Waals surface area contributed by atoms with Gasteiger partial charge in [-0.05, 0) is 45.9 Å². The molecule has 186 valence electrons. The lowest BCUT2D eigenvalue weighted by Gasteiger charge is -2.30. The Hall–Kier alpha value is -3.90. The number of nitrogens with zero attached hydrogens (tertiary/aromatic N) is 2. The van der Waals surface area contributed by atoms with E-state index in [1.165, 1.54) is 17.3 Å². The maximum absolute atomic E-state index is 13.1. The topological polar surface area (TPSA) is 53.2 Å². The maximum atomic E-state index is 13.1. The van der Waals surface area contributed by atoms with Crippen molar-refractivity contribution in [2.45, 2.75) is 19.8 Å². The smallest absolute Gasteiger partial charge is 0.266 e. The standard InChI is InChI=1S/C33H27N2OPS/c1-24(2)26-20-18-25(19-21-26)22-31-32(36)35-33(38-31)30(23-34)37(27-12-6-3-7-13-27,28-14-8-4-9-15-28)29-16-10-5-11-17-29/h3-22,24H,1-2H3/b31-22-. The van der Waals surface area contributed by atoms with Gasteiger partial charge in [0.25, 0.3) is 5.91 Å². The van der Waals surface area contributed by atoms with Gasteiger partial charge in [-0.3, -0.25) is 4.79 Å². The van der Waals surface area contributed by atoms with Gasteiger partial charge >= 0.3 is 0 Å². The van der Waals surface area contributed by atoms with E-state index in [9.17, 15) is 10.1 Å². The molecular formula is C33H27N2OPS. The summed E-state index contributed by atoms with van der Waals surface area (Å²) in [4.78, 5) is 18.1. The Morgan fingerprint density at radius 3 is 1.68 bits per heavy atom. The number of thioether (sulfide) groups is 1. The lowest BCUT2D eigenvalue weighted by molar-refractivity contribution is -0.113. The first-order valence-corrected chi connectivity index (χ1v) is 15.1. The summed E-state index contributed by atoms with van der Waals surface area (Å²) in [6.07, 6.45) is 1.87. The number of carbonyl (C=O) groups excluding carboxylic acids is 1. The molecular weight excluding hydrogens is 503 g/mol. The highest BCUT2D eigenvalue weighted by molar-refractivity contribution is 8.22. The van der Waals surface area contributed by atoms with Crippen LogP contribution < -0.4 is 15.9 Å². The lowest BCUT2D eigenvalue weighted by atomic mass is 10.0. The Labute approximate surface area is 228 Å². The molecule has 0 bridgehead atoms. The van der Waals surface area contributed by atoms with Crippen molar-refractivity contribution in [3.63, 3.8) is 0 Å². The number of rotatable bonds is 6. The average Bonchev–Trinajstić information content (AvgIpc) is 3.32.